The summed E-state index contributed by atoms with van der Waals surface area (Å²) < 4.78 is 1.88. The number of rotatable bonds is 4. The number of benzene rings is 2. The monoisotopic (exact) mass is 543 g/mol. The minimum atomic E-state index is 0.597. The van der Waals surface area contributed by atoms with Gasteiger partial charge in [0.2, 0.25) is 0 Å². The Bertz CT molecular complexity index is 1360. The Morgan fingerprint density at radius 3 is 1.62 bits per heavy atom. The third kappa shape index (κ3) is 4.49. The second-order valence-corrected chi connectivity index (χ2v) is 8.85. The van der Waals surface area contributed by atoms with E-state index >= 15 is 0 Å². The molecular weight excluding hydrogens is 530 g/mol. The lowest BCUT2D eigenvalue weighted by molar-refractivity contribution is 1.07. The number of halogens is 2. The van der Waals surface area contributed by atoms with E-state index in [1.54, 1.807) is 18.6 Å². The van der Waals surface area contributed by atoms with Gasteiger partial charge in [-0.3, -0.25) is 9.97 Å². The lowest BCUT2D eigenvalue weighted by Gasteiger charge is -2.09. The minimum Gasteiger partial charge on any atom is -0.265 e. The van der Waals surface area contributed by atoms with Crippen LogP contribution < -0.4 is 0 Å². The van der Waals surface area contributed by atoms with Crippen LogP contribution in [0.15, 0.2) is 100 Å². The standard InChI is InChI=1S/C25H15Br2N5/c26-21-12-20(13-22(27)14-21)25-31-23(30-24(32-25)18-7-10-28-11-8-18)17-5-3-16(4-6-17)19-2-1-9-29-15-19/h1-15H. The Morgan fingerprint density at radius 2 is 1.03 bits per heavy atom. The van der Waals surface area contributed by atoms with Gasteiger partial charge in [0, 0.05) is 50.4 Å². The molecule has 154 valence electrons. The molecule has 0 N–H and O–H groups in total. The SMILES string of the molecule is Brc1cc(Br)cc(-c2nc(-c3ccncc3)nc(-c3ccc(-c4cccnc4)cc3)n2)c1. The molecule has 0 spiro atoms. The number of hydrogen-bond donors (Lipinski definition) is 0. The molecular formula is C25H15Br2N5. The van der Waals surface area contributed by atoms with Gasteiger partial charge >= 0.3 is 0 Å². The summed E-state index contributed by atoms with van der Waals surface area (Å²) >= 11 is 7.11. The van der Waals surface area contributed by atoms with E-state index in [0.717, 1.165) is 36.8 Å². The number of hydrogen-bond acceptors (Lipinski definition) is 5. The Labute approximate surface area is 201 Å². The average molecular weight is 545 g/mol. The van der Waals surface area contributed by atoms with Crippen LogP contribution >= 0.6 is 31.9 Å². The van der Waals surface area contributed by atoms with Gasteiger partial charge in [0.05, 0.1) is 0 Å². The van der Waals surface area contributed by atoms with Crippen LogP contribution in [0.2, 0.25) is 0 Å². The lowest BCUT2D eigenvalue weighted by atomic mass is 10.1. The average Bonchev–Trinajstić information content (AvgIpc) is 2.84. The molecule has 0 unspecified atom stereocenters. The molecule has 7 heteroatoms. The smallest absolute Gasteiger partial charge is 0.164 e. The second-order valence-electron chi connectivity index (χ2n) is 7.02. The quantitative estimate of drug-likeness (QED) is 0.247. The van der Waals surface area contributed by atoms with Crippen molar-refractivity contribution in [3.8, 4) is 45.3 Å². The first kappa shape index (κ1) is 20.6. The van der Waals surface area contributed by atoms with Crippen molar-refractivity contribution in [2.75, 3.05) is 0 Å². The van der Waals surface area contributed by atoms with E-state index in [-0.39, 0.29) is 0 Å². The Balaban J connectivity index is 1.63. The number of aromatic nitrogens is 5. The predicted molar refractivity (Wildman–Crippen MR) is 133 cm³/mol. The largest absolute Gasteiger partial charge is 0.265 e. The highest BCUT2D eigenvalue weighted by Crippen LogP contribution is 2.29. The van der Waals surface area contributed by atoms with Crippen LogP contribution in [0.25, 0.3) is 45.3 Å². The molecule has 0 atom stereocenters. The zero-order valence-corrected chi connectivity index (χ0v) is 19.8. The van der Waals surface area contributed by atoms with Crippen molar-refractivity contribution in [3.05, 3.63) is 100 Å². The van der Waals surface area contributed by atoms with Crippen LogP contribution in [0.4, 0.5) is 0 Å². The normalized spacial score (nSPS) is 10.8. The maximum atomic E-state index is 4.79. The van der Waals surface area contributed by atoms with Crippen molar-refractivity contribution in [1.29, 1.82) is 0 Å². The van der Waals surface area contributed by atoms with E-state index in [1.807, 2.05) is 60.8 Å². The Hall–Kier alpha value is -3.29. The highest BCUT2D eigenvalue weighted by atomic mass is 79.9. The van der Waals surface area contributed by atoms with Gasteiger partial charge in [0.25, 0.3) is 0 Å². The molecule has 32 heavy (non-hydrogen) atoms. The minimum absolute atomic E-state index is 0.597. The Morgan fingerprint density at radius 1 is 0.469 bits per heavy atom. The van der Waals surface area contributed by atoms with Gasteiger partial charge in [-0.05, 0) is 47.5 Å². The molecule has 0 radical (unpaired) electrons. The molecule has 0 saturated carbocycles. The molecule has 3 heterocycles. The summed E-state index contributed by atoms with van der Waals surface area (Å²) in [6, 6.07) is 21.9. The molecule has 0 bridgehead atoms. The van der Waals surface area contributed by atoms with Gasteiger partial charge in [-0.2, -0.15) is 0 Å². The van der Waals surface area contributed by atoms with Gasteiger partial charge in [0.15, 0.2) is 17.5 Å². The van der Waals surface area contributed by atoms with Crippen molar-refractivity contribution in [1.82, 2.24) is 24.9 Å². The molecule has 0 amide bonds. The van der Waals surface area contributed by atoms with Crippen LogP contribution in [-0.4, -0.2) is 24.9 Å². The first-order valence-corrected chi connectivity index (χ1v) is 11.4. The third-order valence-corrected chi connectivity index (χ3v) is 5.75. The summed E-state index contributed by atoms with van der Waals surface area (Å²) in [5.74, 6) is 1.80. The third-order valence-electron chi connectivity index (χ3n) is 4.83. The maximum Gasteiger partial charge on any atom is 0.164 e. The van der Waals surface area contributed by atoms with Crippen molar-refractivity contribution in [3.63, 3.8) is 0 Å². The van der Waals surface area contributed by atoms with Crippen molar-refractivity contribution < 1.29 is 0 Å². The summed E-state index contributed by atoms with van der Waals surface area (Å²) in [4.78, 5) is 22.6. The zero-order chi connectivity index (χ0) is 21.9. The molecule has 0 aliphatic rings. The summed E-state index contributed by atoms with van der Waals surface area (Å²) in [7, 11) is 0. The summed E-state index contributed by atoms with van der Waals surface area (Å²) in [6.45, 7) is 0. The highest BCUT2D eigenvalue weighted by Gasteiger charge is 2.13. The summed E-state index contributed by atoms with van der Waals surface area (Å²) in [5, 5.41) is 0. The van der Waals surface area contributed by atoms with Crippen LogP contribution in [0.3, 0.4) is 0 Å². The van der Waals surface area contributed by atoms with E-state index in [4.69, 9.17) is 15.0 Å². The summed E-state index contributed by atoms with van der Waals surface area (Å²) in [6.07, 6.45) is 7.08. The molecule has 5 aromatic rings. The van der Waals surface area contributed by atoms with Crippen molar-refractivity contribution in [2.24, 2.45) is 0 Å². The molecule has 5 rings (SSSR count). The van der Waals surface area contributed by atoms with Gasteiger partial charge in [-0.25, -0.2) is 15.0 Å². The van der Waals surface area contributed by atoms with Crippen LogP contribution in [-0.2, 0) is 0 Å². The van der Waals surface area contributed by atoms with E-state index in [1.165, 1.54) is 0 Å². The van der Waals surface area contributed by atoms with Crippen LogP contribution in [0, 0.1) is 0 Å². The highest BCUT2D eigenvalue weighted by molar-refractivity contribution is 9.11. The molecule has 3 aromatic heterocycles. The van der Waals surface area contributed by atoms with Crippen LogP contribution in [0.1, 0.15) is 0 Å². The van der Waals surface area contributed by atoms with Crippen molar-refractivity contribution >= 4 is 31.9 Å². The second kappa shape index (κ2) is 9.06. The van der Waals surface area contributed by atoms with Crippen LogP contribution in [0.5, 0.6) is 0 Å². The van der Waals surface area contributed by atoms with E-state index in [0.29, 0.717) is 17.5 Å². The first-order chi connectivity index (χ1) is 15.7. The Kier molecular flexibility index (Phi) is 5.83. The van der Waals surface area contributed by atoms with Gasteiger partial charge in [0.1, 0.15) is 0 Å². The fourth-order valence-corrected chi connectivity index (χ4v) is 4.59. The summed E-state index contributed by atoms with van der Waals surface area (Å²) in [5.41, 5.74) is 4.82. The van der Waals surface area contributed by atoms with Gasteiger partial charge in [-0.1, -0.05) is 62.2 Å². The fraction of sp³-hybridized carbons (Fsp3) is 0. The first-order valence-electron chi connectivity index (χ1n) is 9.79. The molecule has 0 fully saturated rings. The molecule has 0 aliphatic carbocycles. The van der Waals surface area contributed by atoms with E-state index < -0.39 is 0 Å². The van der Waals surface area contributed by atoms with E-state index in [2.05, 4.69) is 54.0 Å². The molecule has 2 aromatic carbocycles. The van der Waals surface area contributed by atoms with Gasteiger partial charge in [-0.15, -0.1) is 0 Å². The predicted octanol–water partition coefficient (Wildman–Crippen LogP) is 6.85. The number of nitrogens with zero attached hydrogens (tertiary/aromatic N) is 5. The van der Waals surface area contributed by atoms with Crippen molar-refractivity contribution in [2.45, 2.75) is 0 Å². The lowest BCUT2D eigenvalue weighted by Crippen LogP contribution is -2.00. The van der Waals surface area contributed by atoms with Gasteiger partial charge < -0.3 is 0 Å². The molecule has 0 saturated heterocycles. The number of pyridine rings is 2. The topological polar surface area (TPSA) is 64.5 Å². The maximum absolute atomic E-state index is 4.79. The molecule has 0 aliphatic heterocycles. The van der Waals surface area contributed by atoms with E-state index in [9.17, 15) is 0 Å². The zero-order valence-electron chi connectivity index (χ0n) is 16.7. The fourth-order valence-electron chi connectivity index (χ4n) is 3.29. The molecule has 5 nitrogen and oxygen atoms in total.